The van der Waals surface area contributed by atoms with Crippen LogP contribution in [0.5, 0.6) is 5.75 Å². The minimum atomic E-state index is 0.633. The molecule has 2 rings (SSSR count). The molecule has 0 aliphatic rings. The molecule has 0 radical (unpaired) electrons. The number of rotatable bonds is 12. The number of aliphatic imine (C=N–C) groups is 1. The summed E-state index contributed by atoms with van der Waals surface area (Å²) >= 11 is 0. The molecule has 0 bridgehead atoms. The number of ether oxygens (including phenoxy) is 2. The van der Waals surface area contributed by atoms with Crippen molar-refractivity contribution in [2.24, 2.45) is 4.99 Å². The van der Waals surface area contributed by atoms with E-state index in [1.807, 2.05) is 24.3 Å². The molecule has 0 fully saturated rings. The van der Waals surface area contributed by atoms with Crippen molar-refractivity contribution in [1.82, 2.24) is 10.2 Å². The lowest BCUT2D eigenvalue weighted by Gasteiger charge is -2.18. The summed E-state index contributed by atoms with van der Waals surface area (Å²) in [4.78, 5) is 6.74. The van der Waals surface area contributed by atoms with Crippen LogP contribution in [0.4, 0.5) is 5.69 Å². The van der Waals surface area contributed by atoms with Crippen LogP contribution in [0.1, 0.15) is 31.4 Å². The van der Waals surface area contributed by atoms with Gasteiger partial charge in [-0.2, -0.15) is 0 Å². The first-order chi connectivity index (χ1) is 14.7. The zero-order valence-corrected chi connectivity index (χ0v) is 18.8. The summed E-state index contributed by atoms with van der Waals surface area (Å²) in [6.45, 7) is 9.57. The second kappa shape index (κ2) is 13.6. The number of anilines is 1. The summed E-state index contributed by atoms with van der Waals surface area (Å²) in [7, 11) is 3.47. The summed E-state index contributed by atoms with van der Waals surface area (Å²) in [5, 5.41) is 6.69. The Bertz CT molecular complexity index is 758. The molecule has 0 aliphatic carbocycles. The molecule has 2 aromatic carbocycles. The molecule has 2 N–H and O–H groups in total. The van der Waals surface area contributed by atoms with E-state index in [2.05, 4.69) is 58.6 Å². The molecular formula is C24H36N4O2. The minimum Gasteiger partial charge on any atom is -0.493 e. The second-order valence-electron chi connectivity index (χ2n) is 7.05. The van der Waals surface area contributed by atoms with E-state index in [4.69, 9.17) is 9.47 Å². The lowest BCUT2D eigenvalue weighted by molar-refractivity contribution is 0.172. The van der Waals surface area contributed by atoms with Crippen molar-refractivity contribution in [1.29, 1.82) is 0 Å². The van der Waals surface area contributed by atoms with Gasteiger partial charge in [-0.25, -0.2) is 0 Å². The summed E-state index contributed by atoms with van der Waals surface area (Å²) in [5.41, 5.74) is 3.49. The highest BCUT2D eigenvalue weighted by Gasteiger charge is 2.04. The highest BCUT2D eigenvalue weighted by Crippen LogP contribution is 2.17. The highest BCUT2D eigenvalue weighted by atomic mass is 16.5. The van der Waals surface area contributed by atoms with E-state index in [1.54, 1.807) is 14.2 Å². The van der Waals surface area contributed by atoms with Gasteiger partial charge in [-0.05, 0) is 36.3 Å². The monoisotopic (exact) mass is 412 g/mol. The predicted molar refractivity (Wildman–Crippen MR) is 125 cm³/mol. The summed E-state index contributed by atoms with van der Waals surface area (Å²) in [5.74, 6) is 1.55. The molecule has 0 aromatic heterocycles. The summed E-state index contributed by atoms with van der Waals surface area (Å²) < 4.78 is 10.8. The van der Waals surface area contributed by atoms with Crippen LogP contribution in [0.15, 0.2) is 53.5 Å². The number of hydrogen-bond acceptors (Lipinski definition) is 4. The van der Waals surface area contributed by atoms with Crippen molar-refractivity contribution in [2.75, 3.05) is 45.8 Å². The van der Waals surface area contributed by atoms with Gasteiger partial charge in [-0.15, -0.1) is 0 Å². The standard InChI is InChI=1S/C24H36N4O2/c1-5-28(6-2)19-21-13-11-20(12-14-21)18-26-24(25-3)27-22-9-7-10-23(17-22)30-16-8-15-29-4/h7,9-14,17H,5-6,8,15-16,18-19H2,1-4H3,(H2,25,26,27). The molecule has 0 aliphatic heterocycles. The van der Waals surface area contributed by atoms with Crippen molar-refractivity contribution in [2.45, 2.75) is 33.4 Å². The molecule has 0 saturated heterocycles. The van der Waals surface area contributed by atoms with Crippen LogP contribution in [0.2, 0.25) is 0 Å². The van der Waals surface area contributed by atoms with Gasteiger partial charge in [0, 0.05) is 52.0 Å². The van der Waals surface area contributed by atoms with Crippen LogP contribution in [0, 0.1) is 0 Å². The van der Waals surface area contributed by atoms with Crippen LogP contribution < -0.4 is 15.4 Å². The Labute approximate surface area is 181 Å². The van der Waals surface area contributed by atoms with Gasteiger partial charge in [0.05, 0.1) is 6.61 Å². The smallest absolute Gasteiger partial charge is 0.195 e. The van der Waals surface area contributed by atoms with Crippen LogP contribution in [0.25, 0.3) is 0 Å². The van der Waals surface area contributed by atoms with E-state index in [1.165, 1.54) is 11.1 Å². The predicted octanol–water partition coefficient (Wildman–Crippen LogP) is 4.13. The van der Waals surface area contributed by atoms with Crippen LogP contribution in [0.3, 0.4) is 0 Å². The van der Waals surface area contributed by atoms with Gasteiger partial charge < -0.3 is 20.1 Å². The first kappa shape index (κ1) is 23.7. The number of hydrogen-bond donors (Lipinski definition) is 2. The fourth-order valence-electron chi connectivity index (χ4n) is 3.03. The van der Waals surface area contributed by atoms with E-state index in [0.717, 1.165) is 43.5 Å². The maximum absolute atomic E-state index is 5.76. The molecule has 0 atom stereocenters. The largest absolute Gasteiger partial charge is 0.493 e. The molecule has 164 valence electrons. The van der Waals surface area contributed by atoms with Gasteiger partial charge >= 0.3 is 0 Å². The molecular weight excluding hydrogens is 376 g/mol. The molecule has 6 heteroatoms. The zero-order chi connectivity index (χ0) is 21.6. The maximum atomic E-state index is 5.76. The van der Waals surface area contributed by atoms with Gasteiger partial charge in [0.25, 0.3) is 0 Å². The third kappa shape index (κ3) is 8.43. The average Bonchev–Trinajstić information content (AvgIpc) is 2.79. The Morgan fingerprint density at radius 3 is 2.40 bits per heavy atom. The van der Waals surface area contributed by atoms with E-state index in [9.17, 15) is 0 Å². The third-order valence-corrected chi connectivity index (χ3v) is 4.87. The van der Waals surface area contributed by atoms with E-state index in [-0.39, 0.29) is 0 Å². The molecule has 2 aromatic rings. The third-order valence-electron chi connectivity index (χ3n) is 4.87. The van der Waals surface area contributed by atoms with Gasteiger partial charge in [0.2, 0.25) is 0 Å². The van der Waals surface area contributed by atoms with Gasteiger partial charge in [0.1, 0.15) is 5.75 Å². The fourth-order valence-corrected chi connectivity index (χ4v) is 3.03. The number of nitrogens with one attached hydrogen (secondary N) is 2. The molecule has 0 amide bonds. The highest BCUT2D eigenvalue weighted by molar-refractivity contribution is 5.93. The molecule has 0 saturated carbocycles. The number of guanidine groups is 1. The van der Waals surface area contributed by atoms with Gasteiger partial charge in [0.15, 0.2) is 5.96 Å². The van der Waals surface area contributed by atoms with Crippen molar-refractivity contribution >= 4 is 11.6 Å². The second-order valence-corrected chi connectivity index (χ2v) is 7.05. The lowest BCUT2D eigenvalue weighted by atomic mass is 10.1. The quantitative estimate of drug-likeness (QED) is 0.312. The average molecular weight is 413 g/mol. The first-order valence-electron chi connectivity index (χ1n) is 10.7. The van der Waals surface area contributed by atoms with Gasteiger partial charge in [-0.3, -0.25) is 9.89 Å². The van der Waals surface area contributed by atoms with Crippen LogP contribution in [-0.4, -0.2) is 51.3 Å². The maximum Gasteiger partial charge on any atom is 0.195 e. The van der Waals surface area contributed by atoms with Crippen molar-refractivity contribution in [3.05, 3.63) is 59.7 Å². The van der Waals surface area contributed by atoms with Crippen molar-refractivity contribution in [3.8, 4) is 5.75 Å². The van der Waals surface area contributed by atoms with E-state index < -0.39 is 0 Å². The first-order valence-corrected chi connectivity index (χ1v) is 10.7. The molecule has 0 unspecified atom stereocenters. The minimum absolute atomic E-state index is 0.633. The van der Waals surface area contributed by atoms with Crippen LogP contribution in [-0.2, 0) is 17.8 Å². The lowest BCUT2D eigenvalue weighted by Crippen LogP contribution is -2.30. The molecule has 30 heavy (non-hydrogen) atoms. The Kier molecular flexibility index (Phi) is 10.8. The van der Waals surface area contributed by atoms with Gasteiger partial charge in [-0.1, -0.05) is 44.2 Å². The molecule has 0 spiro atoms. The van der Waals surface area contributed by atoms with Crippen LogP contribution >= 0.6 is 0 Å². The van der Waals surface area contributed by atoms with Crippen molar-refractivity contribution < 1.29 is 9.47 Å². The normalized spacial score (nSPS) is 11.6. The number of nitrogens with zero attached hydrogens (tertiary/aromatic N) is 2. The fraction of sp³-hybridized carbons (Fsp3) is 0.458. The molecule has 0 heterocycles. The molecule has 6 nitrogen and oxygen atoms in total. The number of methoxy groups -OCH3 is 1. The Morgan fingerprint density at radius 2 is 1.73 bits per heavy atom. The SMILES string of the molecule is CCN(CC)Cc1ccc(CNC(=NC)Nc2cccc(OCCCOC)c2)cc1. The summed E-state index contributed by atoms with van der Waals surface area (Å²) in [6, 6.07) is 16.6. The topological polar surface area (TPSA) is 58.1 Å². The summed E-state index contributed by atoms with van der Waals surface area (Å²) in [6.07, 6.45) is 0.866. The van der Waals surface area contributed by atoms with E-state index in [0.29, 0.717) is 19.8 Å². The zero-order valence-electron chi connectivity index (χ0n) is 18.8. The Hall–Kier alpha value is -2.57. The number of benzene rings is 2. The van der Waals surface area contributed by atoms with Crippen molar-refractivity contribution in [3.63, 3.8) is 0 Å². The Balaban J connectivity index is 1.85. The van der Waals surface area contributed by atoms with E-state index >= 15 is 0 Å². The Morgan fingerprint density at radius 1 is 1.00 bits per heavy atom.